The Morgan fingerprint density at radius 3 is 2.15 bits per heavy atom. The Labute approximate surface area is 241 Å². The maximum absolute atomic E-state index is 12.5. The first kappa shape index (κ1) is 26.5. The van der Waals surface area contributed by atoms with Crippen LogP contribution < -0.4 is 5.32 Å². The number of carbonyl (C=O) groups is 1. The van der Waals surface area contributed by atoms with Gasteiger partial charge in [0.2, 0.25) is 11.8 Å². The molecule has 0 radical (unpaired) electrons. The summed E-state index contributed by atoms with van der Waals surface area (Å²) in [4.78, 5) is 17.6. The number of hydrogen-bond acceptors (Lipinski definition) is 3. The highest BCUT2D eigenvalue weighted by Crippen LogP contribution is 2.40. The van der Waals surface area contributed by atoms with Crippen LogP contribution in [0.15, 0.2) is 126 Å². The lowest BCUT2D eigenvalue weighted by Gasteiger charge is -2.22. The average molecular weight is 539 g/mol. The van der Waals surface area contributed by atoms with Gasteiger partial charge in [-0.15, -0.1) is 0 Å². The van der Waals surface area contributed by atoms with Crippen molar-refractivity contribution in [2.75, 3.05) is 5.32 Å². The summed E-state index contributed by atoms with van der Waals surface area (Å²) >= 11 is 0. The summed E-state index contributed by atoms with van der Waals surface area (Å²) in [6, 6.07) is 38.9. The molecule has 0 saturated carbocycles. The lowest BCUT2D eigenvalue weighted by atomic mass is 9.83. The van der Waals surface area contributed by atoms with Gasteiger partial charge in [0.15, 0.2) is 5.76 Å². The van der Waals surface area contributed by atoms with E-state index in [0.29, 0.717) is 12.3 Å². The van der Waals surface area contributed by atoms with Crippen LogP contribution in [-0.4, -0.2) is 10.9 Å². The van der Waals surface area contributed by atoms with Crippen molar-refractivity contribution in [1.82, 2.24) is 4.98 Å². The highest BCUT2D eigenvalue weighted by molar-refractivity contribution is 5.90. The van der Waals surface area contributed by atoms with Crippen molar-refractivity contribution in [2.45, 2.75) is 38.5 Å². The molecule has 0 saturated heterocycles. The molecule has 0 aliphatic heterocycles. The van der Waals surface area contributed by atoms with E-state index in [0.717, 1.165) is 66.3 Å². The van der Waals surface area contributed by atoms with Gasteiger partial charge in [0.1, 0.15) is 5.69 Å². The summed E-state index contributed by atoms with van der Waals surface area (Å²) in [5.74, 6) is 1.88. The maximum Gasteiger partial charge on any atom is 0.224 e. The minimum atomic E-state index is 0.0337. The maximum atomic E-state index is 12.5. The van der Waals surface area contributed by atoms with Crippen molar-refractivity contribution in [2.24, 2.45) is 5.92 Å². The molecule has 1 amide bonds. The summed E-state index contributed by atoms with van der Waals surface area (Å²) in [6.07, 6.45) is 7.69. The zero-order valence-electron chi connectivity index (χ0n) is 23.1. The van der Waals surface area contributed by atoms with Gasteiger partial charge in [-0.05, 0) is 61.3 Å². The number of anilines is 1. The number of aryl methyl sites for hydroxylation is 1. The average Bonchev–Trinajstić information content (AvgIpc) is 3.48. The van der Waals surface area contributed by atoms with Crippen LogP contribution in [-0.2, 0) is 17.6 Å². The van der Waals surface area contributed by atoms with Gasteiger partial charge in [-0.2, -0.15) is 0 Å². The van der Waals surface area contributed by atoms with Crippen LogP contribution in [0, 0.1) is 5.92 Å². The first-order chi connectivity index (χ1) is 20.2. The molecule has 1 aromatic heterocycles. The number of amides is 1. The van der Waals surface area contributed by atoms with Crippen LogP contribution in [0.5, 0.6) is 0 Å². The normalized spacial score (nSPS) is 14.8. The molecule has 1 aliphatic carbocycles. The number of hydrogen-bond donors (Lipinski definition) is 1. The summed E-state index contributed by atoms with van der Waals surface area (Å²) in [6.45, 7) is 0. The molecular formula is C37H34N2O2. The van der Waals surface area contributed by atoms with Crippen LogP contribution in [0.2, 0.25) is 0 Å². The SMILES string of the molecule is O=C(CCc1ccccc1)Nc1ccc(CC2CCCC=C2c2nc(-c3ccccc3)c(-c3ccccc3)o2)cc1. The molecule has 4 nitrogen and oxygen atoms in total. The second-order valence-electron chi connectivity index (χ2n) is 10.7. The molecule has 1 heterocycles. The summed E-state index contributed by atoms with van der Waals surface area (Å²) < 4.78 is 6.55. The van der Waals surface area contributed by atoms with E-state index in [1.165, 1.54) is 16.7 Å². The molecule has 4 aromatic carbocycles. The fraction of sp³-hybridized carbons (Fsp3) is 0.189. The number of nitrogens with zero attached hydrogens (tertiary/aromatic N) is 1. The molecule has 1 unspecified atom stereocenters. The number of benzene rings is 4. The van der Waals surface area contributed by atoms with Gasteiger partial charge in [-0.25, -0.2) is 4.98 Å². The largest absolute Gasteiger partial charge is 0.436 e. The van der Waals surface area contributed by atoms with Crippen molar-refractivity contribution >= 4 is 17.2 Å². The van der Waals surface area contributed by atoms with Gasteiger partial charge in [-0.3, -0.25) is 4.79 Å². The van der Waals surface area contributed by atoms with Crippen molar-refractivity contribution in [3.8, 4) is 22.6 Å². The van der Waals surface area contributed by atoms with Crippen LogP contribution in [0.4, 0.5) is 5.69 Å². The molecule has 1 aliphatic rings. The molecule has 204 valence electrons. The minimum Gasteiger partial charge on any atom is -0.436 e. The molecule has 0 bridgehead atoms. The lowest BCUT2D eigenvalue weighted by Crippen LogP contribution is -2.13. The van der Waals surface area contributed by atoms with Crippen molar-refractivity contribution in [1.29, 1.82) is 0 Å². The van der Waals surface area contributed by atoms with Gasteiger partial charge in [0.05, 0.1) is 0 Å². The monoisotopic (exact) mass is 538 g/mol. The minimum absolute atomic E-state index is 0.0337. The number of nitrogens with one attached hydrogen (secondary N) is 1. The standard InChI is InChI=1S/C37H34N2O2/c40-34(25-22-27-12-4-1-5-13-27)38-32-23-20-28(21-24-32)26-31-18-10-11-19-33(31)37-39-35(29-14-6-2-7-15-29)36(41-37)30-16-8-3-9-17-30/h1-9,12-17,19-21,23-24,31H,10-11,18,22,25-26H2,(H,38,40). The Hall–Kier alpha value is -4.70. The van der Waals surface area contributed by atoms with E-state index in [9.17, 15) is 4.79 Å². The quantitative estimate of drug-likeness (QED) is 0.204. The third kappa shape index (κ3) is 6.55. The van der Waals surface area contributed by atoms with Crippen LogP contribution in [0.1, 0.15) is 42.7 Å². The van der Waals surface area contributed by atoms with Crippen molar-refractivity contribution < 1.29 is 9.21 Å². The van der Waals surface area contributed by atoms with E-state index in [1.807, 2.05) is 66.7 Å². The first-order valence-corrected chi connectivity index (χ1v) is 14.5. The highest BCUT2D eigenvalue weighted by Gasteiger charge is 2.26. The van der Waals surface area contributed by atoms with E-state index >= 15 is 0 Å². The number of rotatable bonds is 9. The summed E-state index contributed by atoms with van der Waals surface area (Å²) in [5, 5.41) is 3.04. The molecule has 4 heteroatoms. The van der Waals surface area contributed by atoms with Gasteiger partial charge in [0, 0.05) is 28.8 Å². The molecule has 0 fully saturated rings. The van der Waals surface area contributed by atoms with Gasteiger partial charge >= 0.3 is 0 Å². The summed E-state index contributed by atoms with van der Waals surface area (Å²) in [5.41, 5.74) is 7.39. The fourth-order valence-corrected chi connectivity index (χ4v) is 5.57. The fourth-order valence-electron chi connectivity index (χ4n) is 5.57. The Bertz CT molecular complexity index is 1550. The number of carbonyl (C=O) groups excluding carboxylic acids is 1. The zero-order valence-corrected chi connectivity index (χ0v) is 23.1. The number of aromatic nitrogens is 1. The first-order valence-electron chi connectivity index (χ1n) is 14.5. The van der Waals surface area contributed by atoms with Crippen molar-refractivity contribution in [3.05, 3.63) is 138 Å². The van der Waals surface area contributed by atoms with Crippen LogP contribution in [0.25, 0.3) is 28.2 Å². The topological polar surface area (TPSA) is 55.1 Å². The van der Waals surface area contributed by atoms with Gasteiger partial charge < -0.3 is 9.73 Å². The second-order valence-corrected chi connectivity index (χ2v) is 10.7. The smallest absolute Gasteiger partial charge is 0.224 e. The van der Waals surface area contributed by atoms with E-state index in [1.54, 1.807) is 0 Å². The predicted molar refractivity (Wildman–Crippen MR) is 166 cm³/mol. The second kappa shape index (κ2) is 12.6. The van der Waals surface area contributed by atoms with Gasteiger partial charge in [-0.1, -0.05) is 109 Å². The van der Waals surface area contributed by atoms with E-state index in [2.05, 4.69) is 59.9 Å². The highest BCUT2D eigenvalue weighted by atomic mass is 16.4. The van der Waals surface area contributed by atoms with Gasteiger partial charge in [0.25, 0.3) is 0 Å². The third-order valence-electron chi connectivity index (χ3n) is 7.72. The Balaban J connectivity index is 1.17. The number of oxazole rings is 1. The predicted octanol–water partition coefficient (Wildman–Crippen LogP) is 9.01. The molecule has 1 atom stereocenters. The molecular weight excluding hydrogens is 504 g/mol. The molecule has 5 aromatic rings. The zero-order chi connectivity index (χ0) is 27.9. The van der Waals surface area contributed by atoms with Crippen LogP contribution >= 0.6 is 0 Å². The Morgan fingerprint density at radius 1 is 0.780 bits per heavy atom. The Kier molecular flexibility index (Phi) is 8.18. The molecule has 0 spiro atoms. The molecule has 41 heavy (non-hydrogen) atoms. The van der Waals surface area contributed by atoms with E-state index in [-0.39, 0.29) is 5.91 Å². The third-order valence-corrected chi connectivity index (χ3v) is 7.72. The van der Waals surface area contributed by atoms with Crippen molar-refractivity contribution in [3.63, 3.8) is 0 Å². The molecule has 1 N–H and O–H groups in total. The Morgan fingerprint density at radius 2 is 1.44 bits per heavy atom. The number of allylic oxidation sites excluding steroid dienone is 2. The van der Waals surface area contributed by atoms with E-state index in [4.69, 9.17) is 9.40 Å². The molecule has 6 rings (SSSR count). The summed E-state index contributed by atoms with van der Waals surface area (Å²) in [7, 11) is 0. The van der Waals surface area contributed by atoms with Crippen LogP contribution in [0.3, 0.4) is 0 Å². The van der Waals surface area contributed by atoms with E-state index < -0.39 is 0 Å². The lowest BCUT2D eigenvalue weighted by molar-refractivity contribution is -0.116.